The van der Waals surface area contributed by atoms with Crippen molar-refractivity contribution >= 4 is 22.8 Å². The normalized spacial score (nSPS) is 10.6. The van der Waals surface area contributed by atoms with Gasteiger partial charge in [0, 0.05) is 23.3 Å². The van der Waals surface area contributed by atoms with E-state index >= 15 is 0 Å². The molecule has 3 aromatic rings. The number of amides is 1. The largest absolute Gasteiger partial charge is 0.331 e. The summed E-state index contributed by atoms with van der Waals surface area (Å²) in [6, 6.07) is 5.33. The molecule has 0 saturated carbocycles. The second-order valence-corrected chi connectivity index (χ2v) is 3.56. The maximum absolute atomic E-state index is 11.9. The van der Waals surface area contributed by atoms with Gasteiger partial charge in [0.25, 0.3) is 5.91 Å². The van der Waals surface area contributed by atoms with Crippen molar-refractivity contribution in [2.45, 2.75) is 0 Å². The minimum Gasteiger partial charge on any atom is -0.331 e. The third-order valence-electron chi connectivity index (χ3n) is 2.43. The first kappa shape index (κ1) is 9.59. The minimum atomic E-state index is -0.206. The van der Waals surface area contributed by atoms with E-state index in [1.54, 1.807) is 30.7 Å². The van der Waals surface area contributed by atoms with Crippen LogP contribution >= 0.6 is 0 Å². The Morgan fingerprint density at radius 2 is 2.29 bits per heavy atom. The van der Waals surface area contributed by atoms with Crippen LogP contribution in [-0.4, -0.2) is 26.1 Å². The van der Waals surface area contributed by atoms with E-state index in [1.807, 2.05) is 6.07 Å². The third kappa shape index (κ3) is 1.76. The Labute approximate surface area is 96.1 Å². The summed E-state index contributed by atoms with van der Waals surface area (Å²) in [5.74, 6) is 0.227. The first-order chi connectivity index (χ1) is 8.33. The van der Waals surface area contributed by atoms with Gasteiger partial charge in [-0.05, 0) is 18.2 Å². The number of nitrogens with one attached hydrogen (secondary N) is 3. The lowest BCUT2D eigenvalue weighted by atomic mass is 10.1. The van der Waals surface area contributed by atoms with Crippen molar-refractivity contribution in [3.8, 4) is 0 Å². The summed E-state index contributed by atoms with van der Waals surface area (Å²) >= 11 is 0. The van der Waals surface area contributed by atoms with Gasteiger partial charge in [-0.3, -0.25) is 15.2 Å². The van der Waals surface area contributed by atoms with E-state index in [0.29, 0.717) is 11.5 Å². The van der Waals surface area contributed by atoms with Crippen molar-refractivity contribution in [1.29, 1.82) is 0 Å². The molecule has 0 fully saturated rings. The SMILES string of the molecule is O=C(Nc1ncc[nH]1)c1ccc2[nH]ncc2c1. The van der Waals surface area contributed by atoms with Crippen LogP contribution in [-0.2, 0) is 0 Å². The quantitative estimate of drug-likeness (QED) is 0.620. The maximum Gasteiger partial charge on any atom is 0.257 e. The lowest BCUT2D eigenvalue weighted by molar-refractivity contribution is 0.102. The molecule has 84 valence electrons. The van der Waals surface area contributed by atoms with Crippen molar-refractivity contribution in [3.63, 3.8) is 0 Å². The number of carbonyl (C=O) groups is 1. The minimum absolute atomic E-state index is 0.206. The Balaban J connectivity index is 1.90. The number of fused-ring (bicyclic) bond motifs is 1. The topological polar surface area (TPSA) is 86.5 Å². The Bertz CT molecular complexity index is 655. The van der Waals surface area contributed by atoms with Crippen LogP contribution in [0.15, 0.2) is 36.8 Å². The second-order valence-electron chi connectivity index (χ2n) is 3.56. The number of aromatic amines is 2. The molecule has 0 unspecified atom stereocenters. The molecule has 1 amide bonds. The van der Waals surface area contributed by atoms with Gasteiger partial charge in [-0.25, -0.2) is 4.98 Å². The zero-order chi connectivity index (χ0) is 11.7. The molecule has 0 aliphatic rings. The molecule has 0 aliphatic carbocycles. The molecular weight excluding hydrogens is 218 g/mol. The predicted molar refractivity (Wildman–Crippen MR) is 62.6 cm³/mol. The van der Waals surface area contributed by atoms with Crippen LogP contribution in [0.1, 0.15) is 10.4 Å². The van der Waals surface area contributed by atoms with Crippen molar-refractivity contribution < 1.29 is 4.79 Å². The number of hydrogen-bond donors (Lipinski definition) is 3. The molecule has 1 aromatic carbocycles. The van der Waals surface area contributed by atoms with Gasteiger partial charge in [-0.15, -0.1) is 0 Å². The number of hydrogen-bond acceptors (Lipinski definition) is 3. The number of nitrogens with zero attached hydrogens (tertiary/aromatic N) is 2. The second kappa shape index (κ2) is 3.75. The van der Waals surface area contributed by atoms with E-state index in [2.05, 4.69) is 25.5 Å². The van der Waals surface area contributed by atoms with Crippen LogP contribution in [0.3, 0.4) is 0 Å². The number of aromatic nitrogens is 4. The highest BCUT2D eigenvalue weighted by molar-refractivity contribution is 6.05. The van der Waals surface area contributed by atoms with Gasteiger partial charge >= 0.3 is 0 Å². The number of imidazole rings is 1. The molecule has 0 spiro atoms. The fraction of sp³-hybridized carbons (Fsp3) is 0. The summed E-state index contributed by atoms with van der Waals surface area (Å²) in [6.07, 6.45) is 4.91. The van der Waals surface area contributed by atoms with Crippen molar-refractivity contribution in [2.24, 2.45) is 0 Å². The van der Waals surface area contributed by atoms with Gasteiger partial charge < -0.3 is 4.98 Å². The summed E-state index contributed by atoms with van der Waals surface area (Å²) in [5.41, 5.74) is 1.47. The van der Waals surface area contributed by atoms with Crippen LogP contribution in [0.5, 0.6) is 0 Å². The lowest BCUT2D eigenvalue weighted by Gasteiger charge is -2.01. The summed E-state index contributed by atoms with van der Waals surface area (Å²) in [7, 11) is 0. The fourth-order valence-corrected chi connectivity index (χ4v) is 1.60. The van der Waals surface area contributed by atoms with Crippen molar-refractivity contribution in [2.75, 3.05) is 5.32 Å². The van der Waals surface area contributed by atoms with Gasteiger partial charge in [0.1, 0.15) is 0 Å². The number of rotatable bonds is 2. The molecule has 17 heavy (non-hydrogen) atoms. The van der Waals surface area contributed by atoms with Crippen LogP contribution in [0.25, 0.3) is 10.9 Å². The monoisotopic (exact) mass is 227 g/mol. The van der Waals surface area contributed by atoms with Gasteiger partial charge in [0.15, 0.2) is 0 Å². The van der Waals surface area contributed by atoms with E-state index in [-0.39, 0.29) is 5.91 Å². The molecular formula is C11H9N5O. The standard InChI is InChI=1S/C11H9N5O/c17-10(15-11-12-3-4-13-11)7-1-2-9-8(5-7)6-14-16-9/h1-6H,(H,14,16)(H2,12,13,15,17). The number of carbonyl (C=O) groups excluding carboxylic acids is 1. The summed E-state index contributed by atoms with van der Waals surface area (Å²) in [6.45, 7) is 0. The smallest absolute Gasteiger partial charge is 0.257 e. The first-order valence-corrected chi connectivity index (χ1v) is 5.07. The van der Waals surface area contributed by atoms with Gasteiger partial charge in [0.05, 0.1) is 11.7 Å². The van der Waals surface area contributed by atoms with Crippen LogP contribution < -0.4 is 5.32 Å². The molecule has 2 aromatic heterocycles. The Kier molecular flexibility index (Phi) is 2.11. The average molecular weight is 227 g/mol. The average Bonchev–Trinajstić information content (AvgIpc) is 2.97. The van der Waals surface area contributed by atoms with Crippen molar-refractivity contribution in [1.82, 2.24) is 20.2 Å². The molecule has 0 radical (unpaired) electrons. The maximum atomic E-state index is 11.9. The summed E-state index contributed by atoms with van der Waals surface area (Å²) in [4.78, 5) is 18.6. The lowest BCUT2D eigenvalue weighted by Crippen LogP contribution is -2.12. The Morgan fingerprint density at radius 1 is 1.35 bits per heavy atom. The number of benzene rings is 1. The highest BCUT2D eigenvalue weighted by Crippen LogP contribution is 2.13. The fourth-order valence-electron chi connectivity index (χ4n) is 1.60. The van der Waals surface area contributed by atoms with Crippen LogP contribution in [0.2, 0.25) is 0 Å². The number of H-pyrrole nitrogens is 2. The summed E-state index contributed by atoms with van der Waals surface area (Å²) in [5, 5.41) is 10.3. The zero-order valence-corrected chi connectivity index (χ0v) is 8.77. The molecule has 0 bridgehead atoms. The molecule has 3 rings (SSSR count). The van der Waals surface area contributed by atoms with E-state index in [0.717, 1.165) is 10.9 Å². The number of anilines is 1. The highest BCUT2D eigenvalue weighted by atomic mass is 16.1. The molecule has 0 atom stereocenters. The molecule has 3 N–H and O–H groups in total. The van der Waals surface area contributed by atoms with Crippen molar-refractivity contribution in [3.05, 3.63) is 42.4 Å². The molecule has 6 nitrogen and oxygen atoms in total. The summed E-state index contributed by atoms with van der Waals surface area (Å²) < 4.78 is 0. The van der Waals surface area contributed by atoms with Crippen LogP contribution in [0, 0.1) is 0 Å². The molecule has 0 saturated heterocycles. The highest BCUT2D eigenvalue weighted by Gasteiger charge is 2.08. The molecule has 6 heteroatoms. The Hall–Kier alpha value is -2.63. The third-order valence-corrected chi connectivity index (χ3v) is 2.43. The van der Waals surface area contributed by atoms with Crippen LogP contribution in [0.4, 0.5) is 5.95 Å². The zero-order valence-electron chi connectivity index (χ0n) is 8.77. The molecule has 0 aliphatic heterocycles. The van der Waals surface area contributed by atoms with E-state index in [1.165, 1.54) is 0 Å². The van der Waals surface area contributed by atoms with Gasteiger partial charge in [-0.1, -0.05) is 0 Å². The van der Waals surface area contributed by atoms with E-state index < -0.39 is 0 Å². The molecule has 2 heterocycles. The Morgan fingerprint density at radius 3 is 3.12 bits per heavy atom. The van der Waals surface area contributed by atoms with Gasteiger partial charge in [0.2, 0.25) is 5.95 Å². The van der Waals surface area contributed by atoms with E-state index in [4.69, 9.17) is 0 Å². The first-order valence-electron chi connectivity index (χ1n) is 5.07. The van der Waals surface area contributed by atoms with E-state index in [9.17, 15) is 4.79 Å². The van der Waals surface area contributed by atoms with Gasteiger partial charge in [-0.2, -0.15) is 5.10 Å². The predicted octanol–water partition coefficient (Wildman–Crippen LogP) is 1.54.